The lowest BCUT2D eigenvalue weighted by atomic mass is 9.83. The van der Waals surface area contributed by atoms with E-state index >= 15 is 0 Å². The Morgan fingerprint density at radius 2 is 2.09 bits per heavy atom. The number of aryl methyl sites for hydroxylation is 1. The number of benzene rings is 2. The lowest BCUT2D eigenvalue weighted by Gasteiger charge is -2.41. The normalized spacial score (nSPS) is 25.6. The van der Waals surface area contributed by atoms with E-state index in [1.54, 1.807) is 0 Å². The molecule has 3 unspecified atom stereocenters. The smallest absolute Gasteiger partial charge is 0.325 e. The van der Waals surface area contributed by atoms with Crippen LogP contribution in [0.5, 0.6) is 0 Å². The Balaban J connectivity index is 1.54. The van der Waals surface area contributed by atoms with Crippen molar-refractivity contribution in [1.29, 1.82) is 0 Å². The van der Waals surface area contributed by atoms with Gasteiger partial charge in [-0.25, -0.2) is 5.53 Å². The van der Waals surface area contributed by atoms with Gasteiger partial charge in [0.05, 0.1) is 10.4 Å². The highest BCUT2D eigenvalue weighted by Gasteiger charge is 2.55. The van der Waals surface area contributed by atoms with Gasteiger partial charge in [0.2, 0.25) is 11.6 Å². The number of carbonyl (C=O) groups excluding carboxylic acids is 1. The molecule has 1 amide bonds. The van der Waals surface area contributed by atoms with E-state index in [9.17, 15) is 14.7 Å². The van der Waals surface area contributed by atoms with Gasteiger partial charge < -0.3 is 14.8 Å². The molecule has 9 nitrogen and oxygen atoms in total. The fourth-order valence-electron chi connectivity index (χ4n) is 5.87. The summed E-state index contributed by atoms with van der Waals surface area (Å²) < 4.78 is 7.14. The summed E-state index contributed by atoms with van der Waals surface area (Å²) in [6.07, 6.45) is 2.23. The number of carboxylic acids is 1. The SMILES string of the molecule is Cc1ccc2oc3c(Br)c2c1C1(N=NNN1C1CCCC1C(=O)N[C@@H](C)C(=O)O)c1ccccc1-3. The van der Waals surface area contributed by atoms with Gasteiger partial charge in [-0.1, -0.05) is 42.0 Å². The molecule has 0 saturated heterocycles. The van der Waals surface area contributed by atoms with Crippen LogP contribution < -0.4 is 10.9 Å². The van der Waals surface area contributed by atoms with Gasteiger partial charge >= 0.3 is 5.97 Å². The predicted molar refractivity (Wildman–Crippen MR) is 131 cm³/mol. The van der Waals surface area contributed by atoms with E-state index in [2.05, 4.69) is 32.0 Å². The maximum Gasteiger partial charge on any atom is 0.325 e. The molecule has 3 N–H and O–H groups in total. The zero-order valence-corrected chi connectivity index (χ0v) is 20.8. The van der Waals surface area contributed by atoms with Crippen LogP contribution in [0.4, 0.5) is 0 Å². The molecule has 3 aliphatic rings. The summed E-state index contributed by atoms with van der Waals surface area (Å²) in [7, 11) is 0. The van der Waals surface area contributed by atoms with Crippen LogP contribution in [0.15, 0.2) is 55.6 Å². The molecule has 180 valence electrons. The van der Waals surface area contributed by atoms with Crippen molar-refractivity contribution in [1.82, 2.24) is 15.9 Å². The second kappa shape index (κ2) is 7.89. The topological polar surface area (TPSA) is 120 Å². The minimum atomic E-state index is -1.06. The maximum absolute atomic E-state index is 13.2. The number of hydrogen-bond acceptors (Lipinski definition) is 7. The number of halogens is 1. The van der Waals surface area contributed by atoms with Crippen LogP contribution in [-0.4, -0.2) is 34.1 Å². The lowest BCUT2D eigenvalue weighted by molar-refractivity contribution is -0.142. The molecule has 1 fully saturated rings. The standard InChI is InChI=1S/C25H24BrN5O4/c1-12-10-11-18-19-20(12)25(16-8-4-3-6-14(16)22(35-18)21(19)26)28-29-30-31(25)17-9-5-7-15(17)23(32)27-13(2)24(33)34/h3-4,6,8,10-11,13,15,17H,5,7,9H2,1-2H3,(H,27,32)(H,28,30)(H,33,34)/t13-,15?,17?,25?/m0/s1. The van der Waals surface area contributed by atoms with E-state index in [0.717, 1.165) is 56.3 Å². The average molecular weight is 538 g/mol. The highest BCUT2D eigenvalue weighted by Crippen LogP contribution is 2.56. The predicted octanol–water partition coefficient (Wildman–Crippen LogP) is 4.63. The number of rotatable bonds is 4. The Bertz CT molecular complexity index is 1420. The Morgan fingerprint density at radius 3 is 2.89 bits per heavy atom. The molecule has 1 saturated carbocycles. The Kier molecular flexibility index (Phi) is 5.01. The number of hydrogen-bond donors (Lipinski definition) is 3. The van der Waals surface area contributed by atoms with Crippen LogP contribution >= 0.6 is 15.9 Å². The van der Waals surface area contributed by atoms with Gasteiger partial charge in [-0.3, -0.25) is 9.59 Å². The van der Waals surface area contributed by atoms with Gasteiger partial charge in [-0.15, -0.1) is 5.11 Å². The minimum absolute atomic E-state index is 0.254. The summed E-state index contributed by atoms with van der Waals surface area (Å²) in [6.45, 7) is 3.52. The molecule has 35 heavy (non-hydrogen) atoms. The number of carbonyl (C=O) groups is 2. The van der Waals surface area contributed by atoms with Crippen molar-refractivity contribution in [3.8, 4) is 11.3 Å². The molecule has 1 aromatic heterocycles. The summed E-state index contributed by atoms with van der Waals surface area (Å²) in [5.41, 5.74) is 6.62. The highest BCUT2D eigenvalue weighted by atomic mass is 79.9. The van der Waals surface area contributed by atoms with Crippen LogP contribution in [0.1, 0.15) is 42.9 Å². The zero-order valence-electron chi connectivity index (χ0n) is 19.2. The van der Waals surface area contributed by atoms with Crippen LogP contribution in [0.25, 0.3) is 22.3 Å². The van der Waals surface area contributed by atoms with E-state index in [0.29, 0.717) is 6.42 Å². The van der Waals surface area contributed by atoms with Gasteiger partial charge in [0.25, 0.3) is 0 Å². The monoisotopic (exact) mass is 537 g/mol. The van der Waals surface area contributed by atoms with Crippen molar-refractivity contribution in [3.63, 3.8) is 0 Å². The number of aliphatic carboxylic acids is 1. The molecule has 0 radical (unpaired) electrons. The third-order valence-electron chi connectivity index (χ3n) is 7.48. The van der Waals surface area contributed by atoms with Crippen LogP contribution in [0.2, 0.25) is 0 Å². The lowest BCUT2D eigenvalue weighted by Crippen LogP contribution is -2.57. The third-order valence-corrected chi connectivity index (χ3v) is 8.23. The van der Waals surface area contributed by atoms with Gasteiger partial charge in [0.1, 0.15) is 17.4 Å². The van der Waals surface area contributed by atoms with Crippen LogP contribution in [0.3, 0.4) is 0 Å². The van der Waals surface area contributed by atoms with Gasteiger partial charge in [0.15, 0.2) is 0 Å². The Hall–Kier alpha value is -3.24. The second-order valence-electron chi connectivity index (χ2n) is 9.44. The summed E-state index contributed by atoms with van der Waals surface area (Å²) in [4.78, 5) is 24.6. The molecular weight excluding hydrogens is 514 g/mol. The third kappa shape index (κ3) is 3.02. The molecule has 2 heterocycles. The Morgan fingerprint density at radius 1 is 1.29 bits per heavy atom. The number of hydrazine groups is 1. The molecule has 6 rings (SSSR count). The molecule has 10 heteroatoms. The number of carboxylic acid groups (broad SMARTS) is 1. The molecule has 3 aromatic rings. The van der Waals surface area contributed by atoms with Crippen molar-refractivity contribution in [3.05, 3.63) is 57.6 Å². The van der Waals surface area contributed by atoms with Gasteiger partial charge in [-0.05, 0) is 54.2 Å². The summed E-state index contributed by atoms with van der Waals surface area (Å²) in [5, 5.41) is 24.1. The first-order valence-electron chi connectivity index (χ1n) is 11.7. The first-order chi connectivity index (χ1) is 16.8. The van der Waals surface area contributed by atoms with Crippen molar-refractivity contribution in [2.45, 2.75) is 50.9 Å². The molecule has 2 aromatic carbocycles. The maximum atomic E-state index is 13.2. The van der Waals surface area contributed by atoms with Crippen LogP contribution in [0, 0.1) is 12.8 Å². The van der Waals surface area contributed by atoms with E-state index in [1.807, 2.05) is 48.3 Å². The number of amides is 1. The van der Waals surface area contributed by atoms with Crippen molar-refractivity contribution in [2.24, 2.45) is 16.3 Å². The van der Waals surface area contributed by atoms with Crippen molar-refractivity contribution >= 4 is 38.8 Å². The molecule has 4 atom stereocenters. The number of fused-ring (bicyclic) bond motifs is 5. The molecule has 2 bridgehead atoms. The molecule has 2 aliphatic carbocycles. The average Bonchev–Trinajstić information content (AvgIpc) is 3.55. The summed E-state index contributed by atoms with van der Waals surface area (Å²) in [5.74, 6) is -1.01. The number of nitrogens with zero attached hydrogens (tertiary/aromatic N) is 3. The number of furan rings is 1. The molecule has 1 spiro atoms. The quantitative estimate of drug-likeness (QED) is 0.446. The minimum Gasteiger partial charge on any atom is -0.480 e. The van der Waals surface area contributed by atoms with Crippen molar-refractivity contribution < 1.29 is 19.1 Å². The summed E-state index contributed by atoms with van der Waals surface area (Å²) >= 11 is 3.79. The largest absolute Gasteiger partial charge is 0.480 e. The zero-order chi connectivity index (χ0) is 24.5. The van der Waals surface area contributed by atoms with Gasteiger partial charge in [0, 0.05) is 28.1 Å². The van der Waals surface area contributed by atoms with E-state index in [1.165, 1.54) is 6.92 Å². The molecular formula is C25H24BrN5O4. The summed E-state index contributed by atoms with van der Waals surface area (Å²) in [6, 6.07) is 10.7. The second-order valence-corrected chi connectivity index (χ2v) is 10.2. The number of nitrogens with one attached hydrogen (secondary N) is 2. The van der Waals surface area contributed by atoms with Gasteiger partial charge in [-0.2, -0.15) is 5.01 Å². The fourth-order valence-corrected chi connectivity index (χ4v) is 6.56. The van der Waals surface area contributed by atoms with E-state index in [-0.39, 0.29) is 11.9 Å². The first-order valence-corrected chi connectivity index (χ1v) is 12.5. The first kappa shape index (κ1) is 22.2. The highest BCUT2D eigenvalue weighted by molar-refractivity contribution is 9.10. The molecule has 1 aliphatic heterocycles. The fraction of sp³-hybridized carbons (Fsp3) is 0.360. The van der Waals surface area contributed by atoms with Crippen molar-refractivity contribution in [2.75, 3.05) is 0 Å². The van der Waals surface area contributed by atoms with E-state index < -0.39 is 23.6 Å². The Labute approximate surface area is 209 Å². The van der Waals surface area contributed by atoms with E-state index in [4.69, 9.17) is 9.53 Å². The van der Waals surface area contributed by atoms with Crippen LogP contribution in [-0.2, 0) is 15.3 Å².